The number of rotatable bonds is 6. The second kappa shape index (κ2) is 8.41. The molecule has 3 N–H and O–H groups in total. The van der Waals surface area contributed by atoms with E-state index in [1.165, 1.54) is 5.56 Å². The zero-order valence-electron chi connectivity index (χ0n) is 12.5. The van der Waals surface area contributed by atoms with Gasteiger partial charge in [0, 0.05) is 18.9 Å². The molecular weight excluding hydrogens is 284 g/mol. The second-order valence-corrected chi connectivity index (χ2v) is 6.39. The molecule has 5 heteroatoms. The lowest BCUT2D eigenvalue weighted by atomic mass is 9.92. The summed E-state index contributed by atoms with van der Waals surface area (Å²) in [7, 11) is 0. The molecule has 0 bridgehead atoms. The van der Waals surface area contributed by atoms with Crippen molar-refractivity contribution in [3.63, 3.8) is 0 Å². The Hall–Kier alpha value is -1.04. The van der Waals surface area contributed by atoms with Gasteiger partial charge in [0.25, 0.3) is 0 Å². The van der Waals surface area contributed by atoms with Crippen molar-refractivity contribution >= 4 is 23.4 Å². The molecule has 0 saturated carbocycles. The van der Waals surface area contributed by atoms with Gasteiger partial charge in [0.15, 0.2) is 0 Å². The SMILES string of the molecule is CSCCc1ccc(NC(=O)C(N)C2CCOCC2)cc1. The number of aryl methyl sites for hydroxylation is 1. The lowest BCUT2D eigenvalue weighted by Gasteiger charge is -2.26. The number of benzene rings is 1. The summed E-state index contributed by atoms with van der Waals surface area (Å²) in [4.78, 5) is 12.2. The number of nitrogens with one attached hydrogen (secondary N) is 1. The number of hydrogen-bond donors (Lipinski definition) is 2. The fourth-order valence-electron chi connectivity index (χ4n) is 2.49. The summed E-state index contributed by atoms with van der Waals surface area (Å²) >= 11 is 1.83. The Kier molecular flexibility index (Phi) is 6.54. The third-order valence-electron chi connectivity index (χ3n) is 3.89. The predicted molar refractivity (Wildman–Crippen MR) is 88.7 cm³/mol. The molecule has 1 heterocycles. The number of thioether (sulfide) groups is 1. The first-order chi connectivity index (χ1) is 10.2. The Morgan fingerprint density at radius 1 is 1.38 bits per heavy atom. The van der Waals surface area contributed by atoms with Gasteiger partial charge in [-0.25, -0.2) is 0 Å². The van der Waals surface area contributed by atoms with E-state index in [1.54, 1.807) is 0 Å². The van der Waals surface area contributed by atoms with Crippen molar-refractivity contribution in [1.29, 1.82) is 0 Å². The predicted octanol–water partition coefficient (Wildman–Crippen LogP) is 2.28. The number of carbonyl (C=O) groups excluding carboxylic acids is 1. The topological polar surface area (TPSA) is 64.4 Å². The molecule has 1 fully saturated rings. The van der Waals surface area contributed by atoms with Gasteiger partial charge < -0.3 is 15.8 Å². The summed E-state index contributed by atoms with van der Waals surface area (Å²) in [5, 5.41) is 2.91. The number of nitrogens with two attached hydrogens (primary N) is 1. The number of carbonyl (C=O) groups is 1. The molecule has 4 nitrogen and oxygen atoms in total. The highest BCUT2D eigenvalue weighted by molar-refractivity contribution is 7.98. The first kappa shape index (κ1) is 16.3. The van der Waals surface area contributed by atoms with Crippen molar-refractivity contribution in [2.24, 2.45) is 11.7 Å². The van der Waals surface area contributed by atoms with Crippen LogP contribution in [0.25, 0.3) is 0 Å². The lowest BCUT2D eigenvalue weighted by Crippen LogP contribution is -2.43. The third-order valence-corrected chi connectivity index (χ3v) is 4.51. The molecule has 1 unspecified atom stereocenters. The Morgan fingerprint density at radius 3 is 2.67 bits per heavy atom. The average molecular weight is 308 g/mol. The highest BCUT2D eigenvalue weighted by atomic mass is 32.2. The van der Waals surface area contributed by atoms with Crippen LogP contribution in [-0.2, 0) is 16.0 Å². The first-order valence-electron chi connectivity index (χ1n) is 7.43. The van der Waals surface area contributed by atoms with E-state index in [2.05, 4.69) is 23.7 Å². The van der Waals surface area contributed by atoms with Gasteiger partial charge in [-0.15, -0.1) is 0 Å². The van der Waals surface area contributed by atoms with Crippen molar-refractivity contribution in [2.45, 2.75) is 25.3 Å². The quantitative estimate of drug-likeness (QED) is 0.846. The van der Waals surface area contributed by atoms with E-state index in [0.717, 1.165) is 30.7 Å². The highest BCUT2D eigenvalue weighted by Gasteiger charge is 2.26. The molecule has 1 amide bonds. The van der Waals surface area contributed by atoms with Crippen molar-refractivity contribution in [3.8, 4) is 0 Å². The van der Waals surface area contributed by atoms with Crippen LogP contribution in [0.3, 0.4) is 0 Å². The molecule has 21 heavy (non-hydrogen) atoms. The molecule has 2 rings (SSSR count). The minimum Gasteiger partial charge on any atom is -0.381 e. The standard InChI is InChI=1S/C16H24N2O2S/c1-21-11-8-12-2-4-14(5-3-12)18-16(19)15(17)13-6-9-20-10-7-13/h2-5,13,15H,6-11,17H2,1H3,(H,18,19). The zero-order valence-corrected chi connectivity index (χ0v) is 13.3. The highest BCUT2D eigenvalue weighted by Crippen LogP contribution is 2.19. The van der Waals surface area contributed by atoms with Gasteiger partial charge in [0.05, 0.1) is 6.04 Å². The fraction of sp³-hybridized carbons (Fsp3) is 0.562. The van der Waals surface area contributed by atoms with Gasteiger partial charge in [-0.3, -0.25) is 4.79 Å². The molecule has 1 saturated heterocycles. The Bertz CT molecular complexity index is 444. The van der Waals surface area contributed by atoms with E-state index in [1.807, 2.05) is 23.9 Å². The van der Waals surface area contributed by atoms with Crippen molar-refractivity contribution in [1.82, 2.24) is 0 Å². The first-order valence-corrected chi connectivity index (χ1v) is 8.82. The molecule has 1 atom stereocenters. The van der Waals surface area contributed by atoms with Gasteiger partial charge in [-0.05, 0) is 54.9 Å². The van der Waals surface area contributed by atoms with Crippen LogP contribution in [0.1, 0.15) is 18.4 Å². The smallest absolute Gasteiger partial charge is 0.241 e. The number of hydrogen-bond acceptors (Lipinski definition) is 4. The summed E-state index contributed by atoms with van der Waals surface area (Å²) in [6.07, 6.45) is 4.88. The van der Waals surface area contributed by atoms with Crippen molar-refractivity contribution in [2.75, 3.05) is 30.5 Å². The molecule has 1 aliphatic rings. The number of amides is 1. The normalized spacial score (nSPS) is 17.4. The van der Waals surface area contributed by atoms with E-state index in [9.17, 15) is 4.79 Å². The van der Waals surface area contributed by atoms with E-state index in [-0.39, 0.29) is 11.8 Å². The maximum absolute atomic E-state index is 12.2. The average Bonchev–Trinajstić information content (AvgIpc) is 2.54. The van der Waals surface area contributed by atoms with E-state index in [4.69, 9.17) is 10.5 Å². The largest absolute Gasteiger partial charge is 0.381 e. The van der Waals surface area contributed by atoms with Crippen LogP contribution in [0.5, 0.6) is 0 Å². The lowest BCUT2D eigenvalue weighted by molar-refractivity contribution is -0.119. The summed E-state index contributed by atoms with van der Waals surface area (Å²) < 4.78 is 5.30. The van der Waals surface area contributed by atoms with Crippen LogP contribution in [0.2, 0.25) is 0 Å². The van der Waals surface area contributed by atoms with Crippen LogP contribution in [0.4, 0.5) is 5.69 Å². The van der Waals surface area contributed by atoms with Gasteiger partial charge in [0.2, 0.25) is 5.91 Å². The van der Waals surface area contributed by atoms with Crippen LogP contribution in [0, 0.1) is 5.92 Å². The van der Waals surface area contributed by atoms with Gasteiger partial charge in [-0.2, -0.15) is 11.8 Å². The monoisotopic (exact) mass is 308 g/mol. The van der Waals surface area contributed by atoms with E-state index in [0.29, 0.717) is 13.2 Å². The molecule has 1 aromatic carbocycles. The molecular formula is C16H24N2O2S. The summed E-state index contributed by atoms with van der Waals surface area (Å²) in [6.45, 7) is 1.41. The maximum atomic E-state index is 12.2. The van der Waals surface area contributed by atoms with Crippen LogP contribution in [0.15, 0.2) is 24.3 Å². The Morgan fingerprint density at radius 2 is 2.05 bits per heavy atom. The third kappa shape index (κ3) is 5.02. The van der Waals surface area contributed by atoms with Crippen LogP contribution < -0.4 is 11.1 Å². The van der Waals surface area contributed by atoms with Gasteiger partial charge in [0.1, 0.15) is 0 Å². The zero-order chi connectivity index (χ0) is 15.1. The van der Waals surface area contributed by atoms with Crippen molar-refractivity contribution < 1.29 is 9.53 Å². The van der Waals surface area contributed by atoms with Crippen LogP contribution in [-0.4, -0.2) is 37.2 Å². The van der Waals surface area contributed by atoms with E-state index >= 15 is 0 Å². The molecule has 0 spiro atoms. The number of ether oxygens (including phenoxy) is 1. The fourth-order valence-corrected chi connectivity index (χ4v) is 2.93. The Labute approximate surface area is 130 Å². The van der Waals surface area contributed by atoms with Crippen molar-refractivity contribution in [3.05, 3.63) is 29.8 Å². The minimum atomic E-state index is -0.454. The van der Waals surface area contributed by atoms with Crippen LogP contribution >= 0.6 is 11.8 Å². The van der Waals surface area contributed by atoms with Gasteiger partial charge in [-0.1, -0.05) is 12.1 Å². The molecule has 0 aromatic heterocycles. The second-order valence-electron chi connectivity index (χ2n) is 5.40. The number of anilines is 1. The maximum Gasteiger partial charge on any atom is 0.241 e. The summed E-state index contributed by atoms with van der Waals surface area (Å²) in [5.74, 6) is 1.23. The molecule has 116 valence electrons. The molecule has 0 radical (unpaired) electrons. The summed E-state index contributed by atoms with van der Waals surface area (Å²) in [6, 6.07) is 7.57. The van der Waals surface area contributed by atoms with E-state index < -0.39 is 6.04 Å². The molecule has 1 aromatic rings. The Balaban J connectivity index is 1.86. The van der Waals surface area contributed by atoms with Gasteiger partial charge >= 0.3 is 0 Å². The molecule has 0 aliphatic carbocycles. The molecule has 1 aliphatic heterocycles. The minimum absolute atomic E-state index is 0.0984. The summed E-state index contributed by atoms with van der Waals surface area (Å²) in [5.41, 5.74) is 8.17.